The quantitative estimate of drug-likeness (QED) is 0.606. The molecular weight excluding hydrogens is 314 g/mol. The molecule has 0 saturated carbocycles. The molecule has 0 aliphatic heterocycles. The van der Waals surface area contributed by atoms with Gasteiger partial charge in [0.2, 0.25) is 5.88 Å². The van der Waals surface area contributed by atoms with Crippen LogP contribution < -0.4 is 20.7 Å². The molecule has 1 aromatic heterocycles. The van der Waals surface area contributed by atoms with Crippen molar-refractivity contribution in [2.24, 2.45) is 19.1 Å². The maximum atomic E-state index is 12.0. The molecule has 0 atom stereocenters. The lowest BCUT2D eigenvalue weighted by Gasteiger charge is -2.07. The summed E-state index contributed by atoms with van der Waals surface area (Å²) in [4.78, 5) is 27.7. The third kappa shape index (κ3) is 3.65. The topological polar surface area (TPSA) is 95.0 Å². The van der Waals surface area contributed by atoms with Crippen LogP contribution in [-0.4, -0.2) is 40.7 Å². The summed E-state index contributed by atoms with van der Waals surface area (Å²) in [6.45, 7) is 0.569. The Bertz CT molecular complexity index is 867. The highest BCUT2D eigenvalue weighted by Crippen LogP contribution is 2.18. The van der Waals surface area contributed by atoms with Crippen molar-refractivity contribution in [2.75, 3.05) is 20.3 Å². The van der Waals surface area contributed by atoms with Gasteiger partial charge in [-0.3, -0.25) is 18.9 Å². The van der Waals surface area contributed by atoms with Crippen LogP contribution in [0, 0.1) is 0 Å². The minimum absolute atomic E-state index is 0.0408. The van der Waals surface area contributed by atoms with Crippen molar-refractivity contribution in [1.29, 1.82) is 0 Å². The largest absolute Gasteiger partial charge is 0.497 e. The van der Waals surface area contributed by atoms with Crippen molar-refractivity contribution < 1.29 is 14.6 Å². The number of aromatic nitrogens is 2. The number of rotatable bonds is 6. The summed E-state index contributed by atoms with van der Waals surface area (Å²) < 4.78 is 12.5. The van der Waals surface area contributed by atoms with Gasteiger partial charge in [0.1, 0.15) is 23.7 Å². The number of methoxy groups -OCH3 is 1. The summed E-state index contributed by atoms with van der Waals surface area (Å²) in [6.07, 6.45) is 1.24. The molecule has 0 saturated heterocycles. The van der Waals surface area contributed by atoms with Crippen LogP contribution in [0.5, 0.6) is 17.4 Å². The van der Waals surface area contributed by atoms with Crippen LogP contribution in [0.2, 0.25) is 0 Å². The van der Waals surface area contributed by atoms with Gasteiger partial charge in [-0.2, -0.15) is 0 Å². The van der Waals surface area contributed by atoms with E-state index >= 15 is 0 Å². The zero-order valence-corrected chi connectivity index (χ0v) is 13.7. The average molecular weight is 333 g/mol. The van der Waals surface area contributed by atoms with Gasteiger partial charge in [-0.15, -0.1) is 0 Å². The number of nitrogens with zero attached hydrogens (tertiary/aromatic N) is 3. The van der Waals surface area contributed by atoms with Crippen molar-refractivity contribution in [1.82, 2.24) is 9.13 Å². The van der Waals surface area contributed by atoms with E-state index in [1.165, 1.54) is 20.3 Å². The minimum atomic E-state index is -0.604. The molecule has 1 N–H and O–H groups in total. The molecule has 0 aliphatic carbocycles. The fourth-order valence-electron chi connectivity index (χ4n) is 2.04. The van der Waals surface area contributed by atoms with Crippen LogP contribution in [0.15, 0.2) is 38.8 Å². The zero-order chi connectivity index (χ0) is 17.7. The predicted molar refractivity (Wildman–Crippen MR) is 89.5 cm³/mol. The SMILES string of the molecule is COc1cccc(OCCN=Cc2c(O)n(C)c(=O)n(C)c2=O)c1. The number of aromatic hydroxyl groups is 1. The Hall–Kier alpha value is -3.03. The van der Waals surface area contributed by atoms with Crippen molar-refractivity contribution in [3.63, 3.8) is 0 Å². The number of hydrogen-bond acceptors (Lipinski definition) is 6. The van der Waals surface area contributed by atoms with Crippen molar-refractivity contribution >= 4 is 6.21 Å². The van der Waals surface area contributed by atoms with Gasteiger partial charge in [0, 0.05) is 26.4 Å². The van der Waals surface area contributed by atoms with Gasteiger partial charge in [-0.25, -0.2) is 4.79 Å². The Morgan fingerprint density at radius 2 is 1.92 bits per heavy atom. The Labute approximate surface area is 138 Å². The third-order valence-corrected chi connectivity index (χ3v) is 3.42. The van der Waals surface area contributed by atoms with Crippen LogP contribution in [0.4, 0.5) is 0 Å². The second-order valence-electron chi connectivity index (χ2n) is 5.01. The van der Waals surface area contributed by atoms with Crippen LogP contribution >= 0.6 is 0 Å². The standard InChI is InChI=1S/C16H19N3O5/c1-18-14(20)13(15(21)19(2)16(18)22)10-17-7-8-24-12-6-4-5-11(9-12)23-3/h4-6,9-10,20H,7-8H2,1-3H3. The Kier molecular flexibility index (Phi) is 5.41. The number of benzene rings is 1. The molecular formula is C16H19N3O5. The summed E-state index contributed by atoms with van der Waals surface area (Å²) in [6, 6.07) is 7.16. The number of aliphatic imine (C=N–C) groups is 1. The predicted octanol–water partition coefficient (Wildman–Crippen LogP) is 0.296. The highest BCUT2D eigenvalue weighted by Gasteiger charge is 2.12. The molecule has 0 bridgehead atoms. The average Bonchev–Trinajstić information content (AvgIpc) is 2.60. The molecule has 0 radical (unpaired) electrons. The van der Waals surface area contributed by atoms with E-state index in [2.05, 4.69) is 4.99 Å². The molecule has 1 aromatic carbocycles. The van der Waals surface area contributed by atoms with E-state index < -0.39 is 17.1 Å². The van der Waals surface area contributed by atoms with Crippen LogP contribution in [0.1, 0.15) is 5.56 Å². The highest BCUT2D eigenvalue weighted by atomic mass is 16.5. The third-order valence-electron chi connectivity index (χ3n) is 3.42. The second-order valence-corrected chi connectivity index (χ2v) is 5.01. The molecule has 2 aromatic rings. The Morgan fingerprint density at radius 3 is 2.62 bits per heavy atom. The van der Waals surface area contributed by atoms with E-state index in [-0.39, 0.29) is 18.7 Å². The summed E-state index contributed by atoms with van der Waals surface area (Å²) in [5, 5.41) is 9.89. The van der Waals surface area contributed by atoms with Crippen molar-refractivity contribution in [3.05, 3.63) is 50.7 Å². The van der Waals surface area contributed by atoms with Crippen LogP contribution in [0.25, 0.3) is 0 Å². The first-order chi connectivity index (χ1) is 11.5. The zero-order valence-electron chi connectivity index (χ0n) is 13.7. The van der Waals surface area contributed by atoms with E-state index in [9.17, 15) is 14.7 Å². The van der Waals surface area contributed by atoms with E-state index in [0.29, 0.717) is 11.5 Å². The molecule has 0 fully saturated rings. The van der Waals surface area contributed by atoms with Crippen LogP contribution in [-0.2, 0) is 14.1 Å². The van der Waals surface area contributed by atoms with Gasteiger partial charge in [0.05, 0.1) is 13.7 Å². The summed E-state index contributed by atoms with van der Waals surface area (Å²) in [5.41, 5.74) is -1.25. The van der Waals surface area contributed by atoms with Gasteiger partial charge < -0.3 is 14.6 Å². The lowest BCUT2D eigenvalue weighted by atomic mass is 10.3. The van der Waals surface area contributed by atoms with Gasteiger partial charge in [0.15, 0.2) is 0 Å². The first-order valence-corrected chi connectivity index (χ1v) is 7.21. The van der Waals surface area contributed by atoms with E-state index in [1.807, 2.05) is 12.1 Å². The normalized spacial score (nSPS) is 11.0. The molecule has 0 unspecified atom stereocenters. The molecule has 0 aliphatic rings. The molecule has 0 spiro atoms. The smallest absolute Gasteiger partial charge is 0.333 e. The maximum Gasteiger partial charge on any atom is 0.333 e. The van der Waals surface area contributed by atoms with Gasteiger partial charge >= 0.3 is 5.69 Å². The summed E-state index contributed by atoms with van der Waals surface area (Å²) in [7, 11) is 4.29. The monoisotopic (exact) mass is 333 g/mol. The molecule has 8 heteroatoms. The molecule has 1 heterocycles. The van der Waals surface area contributed by atoms with Gasteiger partial charge in [-0.05, 0) is 12.1 Å². The van der Waals surface area contributed by atoms with E-state index in [4.69, 9.17) is 9.47 Å². The van der Waals surface area contributed by atoms with Crippen molar-refractivity contribution in [3.8, 4) is 17.4 Å². The first-order valence-electron chi connectivity index (χ1n) is 7.21. The molecule has 0 amide bonds. The first kappa shape index (κ1) is 17.3. The lowest BCUT2D eigenvalue weighted by molar-refractivity contribution is 0.325. The fourth-order valence-corrected chi connectivity index (χ4v) is 2.04. The lowest BCUT2D eigenvalue weighted by Crippen LogP contribution is -2.38. The molecule has 128 valence electrons. The molecule has 2 rings (SSSR count). The molecule has 8 nitrogen and oxygen atoms in total. The fraction of sp³-hybridized carbons (Fsp3) is 0.312. The number of hydrogen-bond donors (Lipinski definition) is 1. The summed E-state index contributed by atoms with van der Waals surface area (Å²) >= 11 is 0. The van der Waals surface area contributed by atoms with E-state index in [0.717, 1.165) is 9.13 Å². The minimum Gasteiger partial charge on any atom is -0.497 e. The van der Waals surface area contributed by atoms with E-state index in [1.54, 1.807) is 19.2 Å². The van der Waals surface area contributed by atoms with Gasteiger partial charge in [-0.1, -0.05) is 6.07 Å². The summed E-state index contributed by atoms with van der Waals surface area (Å²) in [5.74, 6) is 0.917. The van der Waals surface area contributed by atoms with Crippen LogP contribution in [0.3, 0.4) is 0 Å². The molecule has 24 heavy (non-hydrogen) atoms. The highest BCUT2D eigenvalue weighted by molar-refractivity contribution is 5.81. The van der Waals surface area contributed by atoms with Crippen molar-refractivity contribution in [2.45, 2.75) is 0 Å². The number of ether oxygens (including phenoxy) is 2. The van der Waals surface area contributed by atoms with Gasteiger partial charge in [0.25, 0.3) is 5.56 Å². The second kappa shape index (κ2) is 7.49. The Morgan fingerprint density at radius 1 is 1.21 bits per heavy atom. The maximum absolute atomic E-state index is 12.0. The Balaban J connectivity index is 2.03.